The molecule has 8 heteroatoms. The lowest BCUT2D eigenvalue weighted by atomic mass is 10.1. The van der Waals surface area contributed by atoms with Gasteiger partial charge in [-0.1, -0.05) is 12.1 Å². The van der Waals surface area contributed by atoms with Crippen molar-refractivity contribution < 1.29 is 27.2 Å². The van der Waals surface area contributed by atoms with Gasteiger partial charge in [-0.2, -0.15) is 4.31 Å². The van der Waals surface area contributed by atoms with Gasteiger partial charge in [0, 0.05) is 11.6 Å². The van der Waals surface area contributed by atoms with E-state index >= 15 is 0 Å². The van der Waals surface area contributed by atoms with Gasteiger partial charge < -0.3 is 14.4 Å². The summed E-state index contributed by atoms with van der Waals surface area (Å²) in [4.78, 5) is 1.52. The number of halogens is 1. The minimum atomic E-state index is -3.58. The largest absolute Gasteiger partial charge is 0.486 e. The van der Waals surface area contributed by atoms with Gasteiger partial charge >= 0.3 is 0 Å². The number of rotatable bonds is 4. The fourth-order valence-electron chi connectivity index (χ4n) is 3.77. The second-order valence-corrected chi connectivity index (χ2v) is 9.08. The summed E-state index contributed by atoms with van der Waals surface area (Å²) >= 11 is 0. The van der Waals surface area contributed by atoms with Crippen molar-refractivity contribution in [2.24, 2.45) is 0 Å². The van der Waals surface area contributed by atoms with Crippen molar-refractivity contribution in [3.63, 3.8) is 0 Å². The molecule has 0 unspecified atom stereocenters. The predicted octanol–water partition coefficient (Wildman–Crippen LogP) is 1.25. The molecule has 0 aromatic heterocycles. The highest BCUT2D eigenvalue weighted by atomic mass is 32.2. The number of hydrogen-bond donors (Lipinski definition) is 1. The van der Waals surface area contributed by atoms with Crippen LogP contribution in [0.2, 0.25) is 0 Å². The maximum atomic E-state index is 13.1. The molecule has 0 bridgehead atoms. The molecular weight excluding hydrogens is 383 g/mol. The lowest BCUT2D eigenvalue weighted by Crippen LogP contribution is -3.14. The van der Waals surface area contributed by atoms with E-state index in [1.165, 1.54) is 21.3 Å². The minimum absolute atomic E-state index is 0.180. The molecule has 28 heavy (non-hydrogen) atoms. The summed E-state index contributed by atoms with van der Waals surface area (Å²) in [6, 6.07) is 11.5. The molecule has 2 aromatic rings. The Kier molecular flexibility index (Phi) is 5.27. The van der Waals surface area contributed by atoms with Gasteiger partial charge in [-0.3, -0.25) is 0 Å². The fraction of sp³-hybridized carbons (Fsp3) is 0.400. The number of hydrogen-bond acceptors (Lipinski definition) is 4. The van der Waals surface area contributed by atoms with Crippen LogP contribution >= 0.6 is 0 Å². The smallest absolute Gasteiger partial charge is 0.243 e. The Hall–Kier alpha value is -2.16. The predicted molar refractivity (Wildman–Crippen MR) is 102 cm³/mol. The van der Waals surface area contributed by atoms with Crippen molar-refractivity contribution in [2.45, 2.75) is 17.9 Å². The van der Waals surface area contributed by atoms with Gasteiger partial charge in [0.1, 0.15) is 25.1 Å². The highest BCUT2D eigenvalue weighted by molar-refractivity contribution is 7.89. The molecule has 150 valence electrons. The SMILES string of the molecule is C[C@H](c1ccc(F)cc1)[NH+]1CCN(S(=O)(=O)c2ccc3c(c2)OCCO3)CC1. The minimum Gasteiger partial charge on any atom is -0.486 e. The van der Waals surface area contributed by atoms with E-state index in [0.717, 1.165) is 5.56 Å². The molecule has 0 radical (unpaired) electrons. The second-order valence-electron chi connectivity index (χ2n) is 7.14. The Labute approximate surface area is 164 Å². The third-order valence-electron chi connectivity index (χ3n) is 5.50. The van der Waals surface area contributed by atoms with Crippen LogP contribution in [-0.4, -0.2) is 52.1 Å². The van der Waals surface area contributed by atoms with Gasteiger partial charge in [0.15, 0.2) is 11.5 Å². The Balaban J connectivity index is 1.44. The van der Waals surface area contributed by atoms with Gasteiger partial charge in [-0.15, -0.1) is 0 Å². The molecule has 0 spiro atoms. The molecule has 0 saturated carbocycles. The van der Waals surface area contributed by atoms with Gasteiger partial charge in [-0.05, 0) is 31.2 Å². The Morgan fingerprint density at radius 1 is 1.00 bits per heavy atom. The van der Waals surface area contributed by atoms with E-state index in [1.807, 2.05) is 0 Å². The number of quaternary nitrogens is 1. The van der Waals surface area contributed by atoms with Crippen molar-refractivity contribution in [3.8, 4) is 11.5 Å². The van der Waals surface area contributed by atoms with E-state index in [4.69, 9.17) is 9.47 Å². The average Bonchev–Trinajstić information content (AvgIpc) is 2.73. The zero-order chi connectivity index (χ0) is 19.7. The van der Waals surface area contributed by atoms with E-state index in [1.54, 1.807) is 30.3 Å². The van der Waals surface area contributed by atoms with Crippen molar-refractivity contribution in [3.05, 3.63) is 53.8 Å². The van der Waals surface area contributed by atoms with Crippen molar-refractivity contribution in [1.82, 2.24) is 4.31 Å². The third kappa shape index (κ3) is 3.72. The van der Waals surface area contributed by atoms with Gasteiger partial charge in [0.05, 0.1) is 31.1 Å². The maximum absolute atomic E-state index is 13.1. The molecule has 1 saturated heterocycles. The molecular formula is C20H24FN2O4S+. The highest BCUT2D eigenvalue weighted by Crippen LogP contribution is 2.33. The molecule has 2 aromatic carbocycles. The monoisotopic (exact) mass is 407 g/mol. The highest BCUT2D eigenvalue weighted by Gasteiger charge is 2.33. The number of nitrogens with zero attached hydrogens (tertiary/aromatic N) is 1. The first kappa shape index (κ1) is 19.2. The van der Waals surface area contributed by atoms with Crippen LogP contribution in [0.3, 0.4) is 0 Å². The molecule has 1 fully saturated rings. The summed E-state index contributed by atoms with van der Waals surface area (Å²) in [7, 11) is -3.58. The van der Waals surface area contributed by atoms with Crippen LogP contribution in [0, 0.1) is 5.82 Å². The van der Waals surface area contributed by atoms with E-state index in [-0.39, 0.29) is 16.8 Å². The number of piperazine rings is 1. The van der Waals surface area contributed by atoms with E-state index < -0.39 is 10.0 Å². The quantitative estimate of drug-likeness (QED) is 0.829. The molecule has 2 aliphatic heterocycles. The molecule has 0 amide bonds. The summed E-state index contributed by atoms with van der Waals surface area (Å²) < 4.78 is 51.7. The summed E-state index contributed by atoms with van der Waals surface area (Å²) in [5.41, 5.74) is 1.06. The molecule has 6 nitrogen and oxygen atoms in total. The first-order valence-corrected chi connectivity index (χ1v) is 10.9. The van der Waals surface area contributed by atoms with Crippen LogP contribution < -0.4 is 14.4 Å². The molecule has 2 aliphatic rings. The summed E-state index contributed by atoms with van der Waals surface area (Å²) in [6.07, 6.45) is 0. The fourth-order valence-corrected chi connectivity index (χ4v) is 5.22. The number of sulfonamides is 1. The lowest BCUT2D eigenvalue weighted by molar-refractivity contribution is -0.933. The van der Waals surface area contributed by atoms with Gasteiger partial charge in [-0.25, -0.2) is 12.8 Å². The zero-order valence-electron chi connectivity index (χ0n) is 15.7. The van der Waals surface area contributed by atoms with Gasteiger partial charge in [0.2, 0.25) is 10.0 Å². The standard InChI is InChI=1S/C20H23FN2O4S/c1-15(16-2-4-17(21)5-3-16)22-8-10-23(11-9-22)28(24,25)18-6-7-19-20(14-18)27-13-12-26-19/h2-7,14-15H,8-13H2,1H3/p+1/t15-/m1/s1. The molecule has 1 N–H and O–H groups in total. The summed E-state index contributed by atoms with van der Waals surface area (Å²) in [6.45, 7) is 5.25. The maximum Gasteiger partial charge on any atom is 0.243 e. The van der Waals surface area contributed by atoms with Crippen LogP contribution in [0.1, 0.15) is 18.5 Å². The van der Waals surface area contributed by atoms with Crippen molar-refractivity contribution >= 4 is 10.0 Å². The first-order chi connectivity index (χ1) is 13.4. The van der Waals surface area contributed by atoms with Crippen molar-refractivity contribution in [1.29, 1.82) is 0 Å². The average molecular weight is 407 g/mol. The number of ether oxygens (including phenoxy) is 2. The zero-order valence-corrected chi connectivity index (χ0v) is 16.5. The van der Waals surface area contributed by atoms with Crippen LogP contribution in [0.15, 0.2) is 47.4 Å². The molecule has 2 heterocycles. The van der Waals surface area contributed by atoms with Gasteiger partial charge in [0.25, 0.3) is 0 Å². The van der Waals surface area contributed by atoms with E-state index in [0.29, 0.717) is 50.9 Å². The molecule has 1 atom stereocenters. The van der Waals surface area contributed by atoms with E-state index in [2.05, 4.69) is 6.92 Å². The lowest BCUT2D eigenvalue weighted by Gasteiger charge is -2.35. The Morgan fingerprint density at radius 3 is 2.32 bits per heavy atom. The molecule has 4 rings (SSSR count). The number of nitrogens with one attached hydrogen (secondary N) is 1. The summed E-state index contributed by atoms with van der Waals surface area (Å²) in [5.74, 6) is 0.801. The van der Waals surface area contributed by atoms with Crippen molar-refractivity contribution in [2.75, 3.05) is 39.4 Å². The van der Waals surface area contributed by atoms with E-state index in [9.17, 15) is 12.8 Å². The Bertz CT molecular complexity index is 941. The Morgan fingerprint density at radius 2 is 1.64 bits per heavy atom. The normalized spacial score (nSPS) is 19.4. The third-order valence-corrected chi connectivity index (χ3v) is 7.39. The number of benzene rings is 2. The topological polar surface area (TPSA) is 60.3 Å². The second kappa shape index (κ2) is 7.69. The summed E-state index contributed by atoms with van der Waals surface area (Å²) in [5, 5.41) is 0. The van der Waals surface area contributed by atoms with Crippen LogP contribution in [-0.2, 0) is 10.0 Å². The van der Waals surface area contributed by atoms with Crippen LogP contribution in [0.25, 0.3) is 0 Å². The number of fused-ring (bicyclic) bond motifs is 1. The van der Waals surface area contributed by atoms with Crippen LogP contribution in [0.5, 0.6) is 11.5 Å². The first-order valence-electron chi connectivity index (χ1n) is 9.45. The van der Waals surface area contributed by atoms with Crippen LogP contribution in [0.4, 0.5) is 4.39 Å². The molecule has 0 aliphatic carbocycles.